The first-order valence-electron chi connectivity index (χ1n) is 19.4. The number of carbonyl (C=O) groups excluding carboxylic acids is 3. The van der Waals surface area contributed by atoms with Crippen molar-refractivity contribution in [1.29, 1.82) is 0 Å². The van der Waals surface area contributed by atoms with E-state index in [-0.39, 0.29) is 47.3 Å². The van der Waals surface area contributed by atoms with E-state index in [1.54, 1.807) is 0 Å². The number of alkyl carbamates (subject to hydrolysis) is 1. The van der Waals surface area contributed by atoms with Crippen molar-refractivity contribution in [2.24, 2.45) is 11.8 Å². The second kappa shape index (κ2) is 17.6. The molecule has 2 fully saturated rings. The molecule has 4 N–H and O–H groups in total. The highest BCUT2D eigenvalue weighted by Gasteiger charge is 2.40. The molecule has 10 nitrogen and oxygen atoms in total. The monoisotopic (exact) mass is 749 g/mol. The van der Waals surface area contributed by atoms with Crippen LogP contribution in [-0.4, -0.2) is 67.6 Å². The molecule has 0 heterocycles. The van der Waals surface area contributed by atoms with Gasteiger partial charge in [0.15, 0.2) is 8.32 Å². The van der Waals surface area contributed by atoms with Gasteiger partial charge < -0.3 is 30.2 Å². The molecule has 3 amide bonds. The SMILES string of the molecule is Cc1cc(C(=O)NC2CCC(O[Si](C)(C)C(C)(C)C)CC2)ccc1-c1ccc(CC(NC(=O)C2CCC(CNC(=O)OC(C)(C)C)CC2)C(=O)O)cc1. The Kier molecular flexibility index (Phi) is 14.0. The maximum atomic E-state index is 13.2. The summed E-state index contributed by atoms with van der Waals surface area (Å²) in [5, 5.41) is 19.0. The Labute approximate surface area is 317 Å². The average molecular weight is 750 g/mol. The Hall–Kier alpha value is -3.70. The molecule has 292 valence electrons. The molecule has 2 aromatic rings. The van der Waals surface area contributed by atoms with E-state index in [1.165, 1.54) is 0 Å². The van der Waals surface area contributed by atoms with Gasteiger partial charge >= 0.3 is 12.1 Å². The summed E-state index contributed by atoms with van der Waals surface area (Å²) >= 11 is 0. The minimum Gasteiger partial charge on any atom is -0.480 e. The van der Waals surface area contributed by atoms with Crippen molar-refractivity contribution in [2.45, 2.75) is 148 Å². The summed E-state index contributed by atoms with van der Waals surface area (Å²) < 4.78 is 11.9. The first kappa shape index (κ1) is 42.0. The van der Waals surface area contributed by atoms with Crippen LogP contribution in [0.25, 0.3) is 11.1 Å². The highest BCUT2D eigenvalue weighted by atomic mass is 28.4. The minimum atomic E-state index is -1.81. The molecule has 2 saturated carbocycles. The maximum Gasteiger partial charge on any atom is 0.407 e. The predicted molar refractivity (Wildman–Crippen MR) is 211 cm³/mol. The van der Waals surface area contributed by atoms with Gasteiger partial charge in [-0.1, -0.05) is 51.1 Å². The zero-order valence-corrected chi connectivity index (χ0v) is 34.4. The highest BCUT2D eigenvalue weighted by Crippen LogP contribution is 2.39. The molecule has 0 aromatic heterocycles. The van der Waals surface area contributed by atoms with Gasteiger partial charge in [0.25, 0.3) is 5.91 Å². The lowest BCUT2D eigenvalue weighted by Gasteiger charge is -2.41. The number of rotatable bonds is 12. The van der Waals surface area contributed by atoms with Crippen molar-refractivity contribution in [2.75, 3.05) is 6.54 Å². The van der Waals surface area contributed by atoms with Gasteiger partial charge in [-0.15, -0.1) is 0 Å². The van der Waals surface area contributed by atoms with Crippen molar-refractivity contribution < 1.29 is 33.4 Å². The third kappa shape index (κ3) is 12.4. The fraction of sp³-hybridized carbons (Fsp3) is 0.619. The number of nitrogens with one attached hydrogen (secondary N) is 3. The van der Waals surface area contributed by atoms with Crippen LogP contribution in [0.5, 0.6) is 0 Å². The lowest BCUT2D eigenvalue weighted by Crippen LogP contribution is -2.46. The van der Waals surface area contributed by atoms with E-state index in [1.807, 2.05) is 70.2 Å². The largest absolute Gasteiger partial charge is 0.480 e. The van der Waals surface area contributed by atoms with Crippen LogP contribution >= 0.6 is 0 Å². The summed E-state index contributed by atoms with van der Waals surface area (Å²) in [6.07, 6.45) is 6.56. The van der Waals surface area contributed by atoms with E-state index >= 15 is 0 Å². The van der Waals surface area contributed by atoms with Crippen LogP contribution in [0, 0.1) is 18.8 Å². The van der Waals surface area contributed by atoms with Gasteiger partial charge in [0.1, 0.15) is 11.6 Å². The van der Waals surface area contributed by atoms with Crippen LogP contribution in [0.1, 0.15) is 114 Å². The molecule has 11 heteroatoms. The molecule has 1 atom stereocenters. The molecule has 0 saturated heterocycles. The van der Waals surface area contributed by atoms with Gasteiger partial charge in [0.2, 0.25) is 5.91 Å². The van der Waals surface area contributed by atoms with Crippen LogP contribution < -0.4 is 16.0 Å². The predicted octanol–water partition coefficient (Wildman–Crippen LogP) is 8.17. The van der Waals surface area contributed by atoms with E-state index < -0.39 is 32.0 Å². The van der Waals surface area contributed by atoms with E-state index in [0.29, 0.717) is 24.9 Å². The zero-order valence-electron chi connectivity index (χ0n) is 33.4. The molecular weight excluding hydrogens is 687 g/mol. The van der Waals surface area contributed by atoms with Crippen molar-refractivity contribution in [3.63, 3.8) is 0 Å². The van der Waals surface area contributed by atoms with Crippen molar-refractivity contribution in [1.82, 2.24) is 16.0 Å². The first-order chi connectivity index (χ1) is 24.7. The first-order valence-corrected chi connectivity index (χ1v) is 22.3. The number of aliphatic carboxylic acids is 1. The smallest absolute Gasteiger partial charge is 0.407 e. The number of carboxylic acids is 1. The molecule has 2 aliphatic rings. The molecule has 0 aliphatic heterocycles. The summed E-state index contributed by atoms with van der Waals surface area (Å²) in [6, 6.07) is 12.5. The number of aryl methyl sites for hydroxylation is 1. The molecule has 0 radical (unpaired) electrons. The van der Waals surface area contributed by atoms with Gasteiger partial charge in [0, 0.05) is 36.6 Å². The number of hydrogen-bond donors (Lipinski definition) is 4. The lowest BCUT2D eigenvalue weighted by molar-refractivity contribution is -0.142. The zero-order chi connectivity index (χ0) is 39.1. The molecule has 1 unspecified atom stereocenters. The Balaban J connectivity index is 1.25. The van der Waals surface area contributed by atoms with E-state index in [2.05, 4.69) is 49.8 Å². The Bertz CT molecular complexity index is 1580. The maximum absolute atomic E-state index is 13.2. The summed E-state index contributed by atoms with van der Waals surface area (Å²) in [4.78, 5) is 50.4. The van der Waals surface area contributed by atoms with E-state index in [9.17, 15) is 24.3 Å². The second-order valence-corrected chi connectivity index (χ2v) is 22.5. The summed E-state index contributed by atoms with van der Waals surface area (Å²) in [6.45, 7) is 19.3. The Morgan fingerprint density at radius 1 is 0.868 bits per heavy atom. The second-order valence-electron chi connectivity index (χ2n) is 17.8. The standard InChI is InChI=1S/C42H63N3O7Si/c1-27-24-32(38(47)44-33-19-21-34(22-20-33)52-53(8,9)42(5,6)7)18-23-35(27)30-14-10-28(11-15-30)25-36(39(48)49)45-37(46)31-16-12-29(13-17-31)26-43-40(50)51-41(2,3)4/h10-11,14-15,18,23-24,29,31,33-34,36H,12-13,16-17,19-22,25-26H2,1-9H3,(H,43,50)(H,44,47)(H,45,46)(H,48,49). The molecule has 2 aromatic carbocycles. The number of carboxylic acid groups (broad SMARTS) is 1. The normalized spacial score (nSPS) is 21.6. The van der Waals surface area contributed by atoms with Crippen molar-refractivity contribution in [3.05, 3.63) is 59.2 Å². The summed E-state index contributed by atoms with van der Waals surface area (Å²) in [5.41, 5.74) is 3.81. The van der Waals surface area contributed by atoms with Gasteiger partial charge in [-0.05, 0) is 137 Å². The summed E-state index contributed by atoms with van der Waals surface area (Å²) in [7, 11) is -1.81. The van der Waals surface area contributed by atoms with Crippen LogP contribution in [0.4, 0.5) is 4.79 Å². The molecule has 0 spiro atoms. The lowest BCUT2D eigenvalue weighted by atomic mass is 9.81. The topological polar surface area (TPSA) is 143 Å². The van der Waals surface area contributed by atoms with Crippen LogP contribution in [0.3, 0.4) is 0 Å². The third-order valence-electron chi connectivity index (χ3n) is 11.2. The number of hydrogen-bond acceptors (Lipinski definition) is 6. The minimum absolute atomic E-state index is 0.0613. The molecule has 0 bridgehead atoms. The van der Waals surface area contributed by atoms with E-state index in [0.717, 1.165) is 60.8 Å². The van der Waals surface area contributed by atoms with E-state index in [4.69, 9.17) is 9.16 Å². The Morgan fingerprint density at radius 2 is 1.49 bits per heavy atom. The van der Waals surface area contributed by atoms with Gasteiger partial charge in [-0.25, -0.2) is 9.59 Å². The van der Waals surface area contributed by atoms with Gasteiger partial charge in [-0.3, -0.25) is 9.59 Å². The average Bonchev–Trinajstić information content (AvgIpc) is 3.07. The number of benzene rings is 2. The molecule has 53 heavy (non-hydrogen) atoms. The quantitative estimate of drug-likeness (QED) is 0.160. The van der Waals surface area contributed by atoms with Gasteiger partial charge in [-0.2, -0.15) is 0 Å². The number of amides is 3. The van der Waals surface area contributed by atoms with Crippen LogP contribution in [0.15, 0.2) is 42.5 Å². The van der Waals surface area contributed by atoms with Crippen LogP contribution in [-0.2, 0) is 25.2 Å². The van der Waals surface area contributed by atoms with Crippen molar-refractivity contribution in [3.8, 4) is 11.1 Å². The molecular formula is C42H63N3O7Si. The number of ether oxygens (including phenoxy) is 1. The fourth-order valence-electron chi connectivity index (χ4n) is 7.03. The van der Waals surface area contributed by atoms with Gasteiger partial charge in [0.05, 0.1) is 0 Å². The Morgan fingerprint density at radius 3 is 2.04 bits per heavy atom. The fourth-order valence-corrected chi connectivity index (χ4v) is 8.45. The van der Waals surface area contributed by atoms with Crippen LogP contribution in [0.2, 0.25) is 18.1 Å². The molecule has 2 aliphatic carbocycles. The highest BCUT2D eigenvalue weighted by molar-refractivity contribution is 6.74. The molecule has 4 rings (SSSR count). The number of carbonyl (C=O) groups is 4. The third-order valence-corrected chi connectivity index (χ3v) is 15.8. The van der Waals surface area contributed by atoms with Crippen molar-refractivity contribution >= 4 is 32.2 Å². The summed E-state index contributed by atoms with van der Waals surface area (Å²) in [5.74, 6) is -1.38.